The molecule has 2 bridgehead atoms. The summed E-state index contributed by atoms with van der Waals surface area (Å²) in [4.78, 5) is 4.04. The van der Waals surface area contributed by atoms with E-state index in [1.807, 2.05) is 11.3 Å². The number of likely N-dealkylation sites (tertiary alicyclic amines) is 1. The fourth-order valence-electron chi connectivity index (χ4n) is 2.91. The lowest BCUT2D eigenvalue weighted by atomic mass is 10.2. The number of nitrogens with one attached hydrogen (secondary N) is 1. The van der Waals surface area contributed by atoms with Crippen molar-refractivity contribution in [2.45, 2.75) is 31.5 Å². The molecule has 1 aromatic rings. The number of rotatable bonds is 6. The van der Waals surface area contributed by atoms with Crippen LogP contribution in [0.3, 0.4) is 0 Å². The summed E-state index contributed by atoms with van der Waals surface area (Å²) in [6.07, 6.45) is 4.75. The summed E-state index contributed by atoms with van der Waals surface area (Å²) in [7, 11) is 0. The second-order valence-corrected chi connectivity index (χ2v) is 6.33. The number of thiophene rings is 1. The Hall–Kier alpha value is -0.420. The Bertz CT molecular complexity index is 343. The predicted molar refractivity (Wildman–Crippen MR) is 75.2 cm³/mol. The van der Waals surface area contributed by atoms with Crippen molar-refractivity contribution in [3.05, 3.63) is 22.4 Å². The van der Waals surface area contributed by atoms with Gasteiger partial charge in [0, 0.05) is 37.6 Å². The molecule has 0 spiro atoms. The second kappa shape index (κ2) is 6.15. The summed E-state index contributed by atoms with van der Waals surface area (Å²) < 4.78 is 5.84. The maximum absolute atomic E-state index is 5.84. The van der Waals surface area contributed by atoms with Gasteiger partial charge in [0.2, 0.25) is 0 Å². The summed E-state index contributed by atoms with van der Waals surface area (Å²) in [5.41, 5.74) is 0. The van der Waals surface area contributed by atoms with E-state index in [1.165, 1.54) is 24.3 Å². The maximum atomic E-state index is 5.84. The molecule has 2 saturated heterocycles. The molecular formula is C14H22N2OS. The molecule has 0 amide bonds. The third-order valence-corrected chi connectivity index (χ3v) is 4.79. The normalized spacial score (nSPS) is 27.8. The van der Waals surface area contributed by atoms with E-state index >= 15 is 0 Å². The summed E-state index contributed by atoms with van der Waals surface area (Å²) in [6.45, 7) is 5.65. The van der Waals surface area contributed by atoms with Crippen molar-refractivity contribution in [3.8, 4) is 0 Å². The van der Waals surface area contributed by atoms with Gasteiger partial charge in [-0.15, -0.1) is 11.3 Å². The smallest absolute Gasteiger partial charge is 0.0707 e. The van der Waals surface area contributed by atoms with E-state index in [4.69, 9.17) is 4.74 Å². The first-order chi connectivity index (χ1) is 8.90. The number of fused-ring (bicyclic) bond motifs is 2. The van der Waals surface area contributed by atoms with Crippen LogP contribution < -0.4 is 5.32 Å². The zero-order valence-corrected chi connectivity index (χ0v) is 11.6. The van der Waals surface area contributed by atoms with E-state index in [2.05, 4.69) is 27.7 Å². The fourth-order valence-corrected chi connectivity index (χ4v) is 3.62. The van der Waals surface area contributed by atoms with Crippen molar-refractivity contribution >= 4 is 11.3 Å². The highest BCUT2D eigenvalue weighted by atomic mass is 32.1. The first-order valence-electron chi connectivity index (χ1n) is 7.01. The molecule has 3 rings (SSSR count). The van der Waals surface area contributed by atoms with Gasteiger partial charge in [0.05, 0.1) is 12.2 Å². The lowest BCUT2D eigenvalue weighted by molar-refractivity contribution is -0.0376. The van der Waals surface area contributed by atoms with Gasteiger partial charge in [-0.25, -0.2) is 0 Å². The highest BCUT2D eigenvalue weighted by molar-refractivity contribution is 7.09. The van der Waals surface area contributed by atoms with Gasteiger partial charge in [-0.05, 0) is 30.7 Å². The van der Waals surface area contributed by atoms with Crippen LogP contribution in [-0.4, -0.2) is 49.8 Å². The van der Waals surface area contributed by atoms with E-state index in [0.717, 1.165) is 32.6 Å². The molecule has 0 aliphatic carbocycles. The summed E-state index contributed by atoms with van der Waals surface area (Å²) in [6, 6.07) is 4.34. The van der Waals surface area contributed by atoms with Gasteiger partial charge in [-0.1, -0.05) is 6.07 Å². The molecule has 1 aromatic heterocycles. The van der Waals surface area contributed by atoms with Gasteiger partial charge < -0.3 is 10.1 Å². The SMILES string of the molecule is c1csc(CCNCCN2CC3CCC(C2)O3)c1. The van der Waals surface area contributed by atoms with Crippen LogP contribution in [0.15, 0.2) is 17.5 Å². The quantitative estimate of drug-likeness (QED) is 0.794. The first kappa shape index (κ1) is 12.6. The first-order valence-corrected chi connectivity index (χ1v) is 7.89. The van der Waals surface area contributed by atoms with Gasteiger partial charge in [0.1, 0.15) is 0 Å². The van der Waals surface area contributed by atoms with Crippen molar-refractivity contribution in [1.29, 1.82) is 0 Å². The Morgan fingerprint density at radius 3 is 2.83 bits per heavy atom. The lowest BCUT2D eigenvalue weighted by Crippen LogP contribution is -2.45. The molecule has 100 valence electrons. The second-order valence-electron chi connectivity index (χ2n) is 5.30. The average molecular weight is 266 g/mol. The fraction of sp³-hybridized carbons (Fsp3) is 0.714. The largest absolute Gasteiger partial charge is 0.372 e. The molecule has 2 fully saturated rings. The minimum atomic E-state index is 0.523. The molecule has 18 heavy (non-hydrogen) atoms. The van der Waals surface area contributed by atoms with Crippen LogP contribution in [0.2, 0.25) is 0 Å². The van der Waals surface area contributed by atoms with Crippen molar-refractivity contribution < 1.29 is 4.74 Å². The van der Waals surface area contributed by atoms with Crippen molar-refractivity contribution in [3.63, 3.8) is 0 Å². The molecule has 0 radical (unpaired) electrons. The Kier molecular flexibility index (Phi) is 4.31. The molecule has 3 heterocycles. The van der Waals surface area contributed by atoms with Gasteiger partial charge >= 0.3 is 0 Å². The van der Waals surface area contributed by atoms with E-state index in [9.17, 15) is 0 Å². The molecule has 2 aliphatic rings. The van der Waals surface area contributed by atoms with Crippen LogP contribution in [0.5, 0.6) is 0 Å². The van der Waals surface area contributed by atoms with Gasteiger partial charge in [0.15, 0.2) is 0 Å². The number of nitrogens with zero attached hydrogens (tertiary/aromatic N) is 1. The van der Waals surface area contributed by atoms with Gasteiger partial charge in [-0.2, -0.15) is 0 Å². The number of hydrogen-bond acceptors (Lipinski definition) is 4. The minimum Gasteiger partial charge on any atom is -0.372 e. The number of morpholine rings is 1. The Balaban J connectivity index is 1.28. The zero-order valence-electron chi connectivity index (χ0n) is 10.8. The third kappa shape index (κ3) is 3.32. The Morgan fingerprint density at radius 1 is 1.28 bits per heavy atom. The van der Waals surface area contributed by atoms with E-state index < -0.39 is 0 Å². The Labute approximate surface area is 113 Å². The molecule has 0 saturated carbocycles. The zero-order chi connectivity index (χ0) is 12.2. The number of hydrogen-bond donors (Lipinski definition) is 1. The van der Waals surface area contributed by atoms with Crippen molar-refractivity contribution in [1.82, 2.24) is 10.2 Å². The number of ether oxygens (including phenoxy) is 1. The monoisotopic (exact) mass is 266 g/mol. The predicted octanol–water partition coefficient (Wildman–Crippen LogP) is 1.74. The Morgan fingerprint density at radius 2 is 2.11 bits per heavy atom. The summed E-state index contributed by atoms with van der Waals surface area (Å²) >= 11 is 1.85. The minimum absolute atomic E-state index is 0.523. The van der Waals surface area contributed by atoms with Crippen LogP contribution in [0.25, 0.3) is 0 Å². The molecular weight excluding hydrogens is 244 g/mol. The summed E-state index contributed by atoms with van der Waals surface area (Å²) in [5.74, 6) is 0. The molecule has 2 unspecified atom stereocenters. The molecule has 0 aromatic carbocycles. The van der Waals surface area contributed by atoms with Crippen LogP contribution in [0.1, 0.15) is 17.7 Å². The van der Waals surface area contributed by atoms with Crippen LogP contribution in [0.4, 0.5) is 0 Å². The molecule has 3 nitrogen and oxygen atoms in total. The highest BCUT2D eigenvalue weighted by Crippen LogP contribution is 2.25. The van der Waals surface area contributed by atoms with Crippen LogP contribution in [-0.2, 0) is 11.2 Å². The van der Waals surface area contributed by atoms with E-state index in [-0.39, 0.29) is 0 Å². The van der Waals surface area contributed by atoms with Gasteiger partial charge in [-0.3, -0.25) is 4.90 Å². The standard InChI is InChI=1S/C14H22N2OS/c1-2-14(18-9-1)5-6-15-7-8-16-10-12-3-4-13(11-16)17-12/h1-2,9,12-13,15H,3-8,10-11H2. The summed E-state index contributed by atoms with van der Waals surface area (Å²) in [5, 5.41) is 5.70. The molecule has 1 N–H and O–H groups in total. The topological polar surface area (TPSA) is 24.5 Å². The van der Waals surface area contributed by atoms with Crippen LogP contribution in [0, 0.1) is 0 Å². The third-order valence-electron chi connectivity index (χ3n) is 3.85. The van der Waals surface area contributed by atoms with Gasteiger partial charge in [0.25, 0.3) is 0 Å². The van der Waals surface area contributed by atoms with E-state index in [0.29, 0.717) is 12.2 Å². The van der Waals surface area contributed by atoms with Crippen LogP contribution >= 0.6 is 11.3 Å². The molecule has 2 atom stereocenters. The maximum Gasteiger partial charge on any atom is 0.0707 e. The van der Waals surface area contributed by atoms with Crippen molar-refractivity contribution in [2.24, 2.45) is 0 Å². The van der Waals surface area contributed by atoms with E-state index in [1.54, 1.807) is 0 Å². The average Bonchev–Trinajstić information content (AvgIpc) is 2.99. The molecule has 2 aliphatic heterocycles. The molecule has 4 heteroatoms. The highest BCUT2D eigenvalue weighted by Gasteiger charge is 2.33. The van der Waals surface area contributed by atoms with Crippen molar-refractivity contribution in [2.75, 3.05) is 32.7 Å². The lowest BCUT2D eigenvalue weighted by Gasteiger charge is -2.32.